The Morgan fingerprint density at radius 1 is 1.32 bits per heavy atom. The van der Waals surface area contributed by atoms with Crippen LogP contribution in [0.1, 0.15) is 23.3 Å². The average Bonchev–Trinajstić information content (AvgIpc) is 2.42. The van der Waals surface area contributed by atoms with Crippen molar-refractivity contribution in [2.75, 3.05) is 40.3 Å². The lowest BCUT2D eigenvalue weighted by Crippen LogP contribution is -3.06. The van der Waals surface area contributed by atoms with Gasteiger partial charge in [0.25, 0.3) is 5.91 Å². The first-order valence-corrected chi connectivity index (χ1v) is 7.00. The van der Waals surface area contributed by atoms with Gasteiger partial charge in [-0.15, -0.1) is 0 Å². The number of carbonyl (C=O) groups excluding carboxylic acids is 1. The van der Waals surface area contributed by atoms with Gasteiger partial charge < -0.3 is 15.5 Å². The second-order valence-corrected chi connectivity index (χ2v) is 5.00. The zero-order valence-corrected chi connectivity index (χ0v) is 12.0. The van der Waals surface area contributed by atoms with Crippen LogP contribution in [-0.2, 0) is 0 Å². The van der Waals surface area contributed by atoms with Gasteiger partial charge in [-0.05, 0) is 12.1 Å². The van der Waals surface area contributed by atoms with Crippen LogP contribution in [0.4, 0.5) is 0 Å². The Hall–Kier alpha value is -1.46. The quantitative estimate of drug-likeness (QED) is 0.467. The molecular formula is C14H26N4O+2. The summed E-state index contributed by atoms with van der Waals surface area (Å²) in [5.41, 5.74) is 0.487. The van der Waals surface area contributed by atoms with Crippen molar-refractivity contribution in [2.24, 2.45) is 0 Å². The molecule has 5 nitrogen and oxygen atoms in total. The smallest absolute Gasteiger partial charge is 0.269 e. The van der Waals surface area contributed by atoms with Crippen LogP contribution in [0.2, 0.25) is 0 Å². The maximum atomic E-state index is 11.7. The van der Waals surface area contributed by atoms with Gasteiger partial charge in [0, 0.05) is 25.6 Å². The van der Waals surface area contributed by atoms with Gasteiger partial charge in [0.05, 0.1) is 33.7 Å². The molecule has 1 rings (SSSR count). The minimum Gasteiger partial charge on any atom is -0.350 e. The SMILES string of the molecule is C[NH+](C)CCC[NH2+]CCCNC(=O)c1ccccn1. The van der Waals surface area contributed by atoms with E-state index in [1.165, 1.54) is 24.4 Å². The standard InChI is InChI=1S/C14H24N4O/c1-18(2)12-6-9-15-8-5-11-17-14(19)13-7-3-4-10-16-13/h3-4,7,10,15H,5-6,8-9,11-12H2,1-2H3,(H,17,19)/p+2. The van der Waals surface area contributed by atoms with Gasteiger partial charge in [-0.3, -0.25) is 9.78 Å². The zero-order chi connectivity index (χ0) is 13.9. The van der Waals surface area contributed by atoms with Gasteiger partial charge >= 0.3 is 0 Å². The van der Waals surface area contributed by atoms with Crippen molar-refractivity contribution in [3.63, 3.8) is 0 Å². The van der Waals surface area contributed by atoms with Crippen molar-refractivity contribution in [1.82, 2.24) is 10.3 Å². The molecule has 106 valence electrons. The van der Waals surface area contributed by atoms with Crippen molar-refractivity contribution >= 4 is 5.91 Å². The van der Waals surface area contributed by atoms with E-state index >= 15 is 0 Å². The van der Waals surface area contributed by atoms with Gasteiger partial charge in [-0.1, -0.05) is 6.07 Å². The molecule has 0 radical (unpaired) electrons. The van der Waals surface area contributed by atoms with Crippen molar-refractivity contribution in [1.29, 1.82) is 0 Å². The Morgan fingerprint density at radius 3 is 2.79 bits per heavy atom. The molecule has 0 unspecified atom stereocenters. The van der Waals surface area contributed by atoms with Crippen molar-refractivity contribution in [2.45, 2.75) is 12.8 Å². The molecule has 0 aliphatic rings. The van der Waals surface area contributed by atoms with Crippen LogP contribution in [0.15, 0.2) is 24.4 Å². The fraction of sp³-hybridized carbons (Fsp3) is 0.571. The second kappa shape index (κ2) is 9.47. The van der Waals surface area contributed by atoms with E-state index in [1.807, 2.05) is 6.07 Å². The third-order valence-electron chi connectivity index (χ3n) is 2.85. The number of nitrogens with zero attached hydrogens (tertiary/aromatic N) is 1. The van der Waals surface area contributed by atoms with Gasteiger partial charge in [0.15, 0.2) is 0 Å². The van der Waals surface area contributed by atoms with Crippen LogP contribution in [0.3, 0.4) is 0 Å². The monoisotopic (exact) mass is 266 g/mol. The van der Waals surface area contributed by atoms with E-state index in [2.05, 4.69) is 29.7 Å². The Morgan fingerprint density at radius 2 is 2.11 bits per heavy atom. The molecule has 0 atom stereocenters. The van der Waals surface area contributed by atoms with Gasteiger partial charge in [-0.2, -0.15) is 0 Å². The first-order chi connectivity index (χ1) is 9.20. The predicted octanol–water partition coefficient (Wildman–Crippen LogP) is -1.70. The van der Waals surface area contributed by atoms with E-state index in [-0.39, 0.29) is 5.91 Å². The molecule has 19 heavy (non-hydrogen) atoms. The topological polar surface area (TPSA) is 63.0 Å². The fourth-order valence-corrected chi connectivity index (χ4v) is 1.78. The number of hydrogen-bond donors (Lipinski definition) is 3. The highest BCUT2D eigenvalue weighted by Gasteiger charge is 2.04. The van der Waals surface area contributed by atoms with Gasteiger partial charge in [0.1, 0.15) is 5.69 Å². The molecule has 0 aromatic carbocycles. The third-order valence-corrected chi connectivity index (χ3v) is 2.85. The van der Waals surface area contributed by atoms with Crippen molar-refractivity contribution < 1.29 is 15.0 Å². The second-order valence-electron chi connectivity index (χ2n) is 5.00. The van der Waals surface area contributed by atoms with E-state index in [0.717, 1.165) is 13.0 Å². The minimum absolute atomic E-state index is 0.0863. The van der Waals surface area contributed by atoms with E-state index in [9.17, 15) is 4.79 Å². The number of pyridine rings is 1. The molecule has 1 heterocycles. The Balaban J connectivity index is 1.98. The molecule has 5 heteroatoms. The largest absolute Gasteiger partial charge is 0.350 e. The maximum Gasteiger partial charge on any atom is 0.269 e. The summed E-state index contributed by atoms with van der Waals surface area (Å²) in [5, 5.41) is 5.20. The summed E-state index contributed by atoms with van der Waals surface area (Å²) in [6.45, 7) is 4.16. The normalized spacial score (nSPS) is 10.7. The lowest BCUT2D eigenvalue weighted by Gasteiger charge is -2.06. The van der Waals surface area contributed by atoms with E-state index < -0.39 is 0 Å². The molecule has 1 amide bonds. The summed E-state index contributed by atoms with van der Waals surface area (Å²) in [7, 11) is 4.35. The highest BCUT2D eigenvalue weighted by Crippen LogP contribution is 1.92. The summed E-state index contributed by atoms with van der Waals surface area (Å²) < 4.78 is 0. The lowest BCUT2D eigenvalue weighted by molar-refractivity contribution is -0.860. The number of amides is 1. The maximum absolute atomic E-state index is 11.7. The first-order valence-electron chi connectivity index (χ1n) is 7.00. The van der Waals surface area contributed by atoms with Crippen LogP contribution < -0.4 is 15.5 Å². The predicted molar refractivity (Wildman–Crippen MR) is 75.1 cm³/mol. The summed E-state index contributed by atoms with van der Waals surface area (Å²) in [4.78, 5) is 17.2. The molecule has 0 fully saturated rings. The highest BCUT2D eigenvalue weighted by atomic mass is 16.1. The van der Waals surface area contributed by atoms with E-state index in [4.69, 9.17) is 0 Å². The summed E-state index contributed by atoms with van der Waals surface area (Å²) in [5.74, 6) is -0.0863. The lowest BCUT2D eigenvalue weighted by atomic mass is 10.3. The van der Waals surface area contributed by atoms with Crippen LogP contribution in [-0.4, -0.2) is 51.2 Å². The number of aromatic nitrogens is 1. The van der Waals surface area contributed by atoms with Gasteiger partial charge in [-0.25, -0.2) is 0 Å². The molecule has 0 aliphatic carbocycles. The third kappa shape index (κ3) is 7.54. The van der Waals surface area contributed by atoms with Crippen LogP contribution in [0.5, 0.6) is 0 Å². The molecule has 4 N–H and O–H groups in total. The van der Waals surface area contributed by atoms with Crippen LogP contribution in [0.25, 0.3) is 0 Å². The number of nitrogens with one attached hydrogen (secondary N) is 2. The van der Waals surface area contributed by atoms with Gasteiger partial charge in [0.2, 0.25) is 0 Å². The zero-order valence-electron chi connectivity index (χ0n) is 12.0. The Labute approximate surface area is 115 Å². The molecule has 0 saturated heterocycles. The summed E-state index contributed by atoms with van der Waals surface area (Å²) in [6, 6.07) is 5.36. The number of carbonyl (C=O) groups is 1. The van der Waals surface area contributed by atoms with E-state index in [0.29, 0.717) is 12.2 Å². The van der Waals surface area contributed by atoms with Crippen LogP contribution in [0, 0.1) is 0 Å². The van der Waals surface area contributed by atoms with Crippen LogP contribution >= 0.6 is 0 Å². The number of nitrogens with two attached hydrogens (primary N) is 1. The van der Waals surface area contributed by atoms with Crippen molar-refractivity contribution in [3.05, 3.63) is 30.1 Å². The highest BCUT2D eigenvalue weighted by molar-refractivity contribution is 5.92. The number of rotatable bonds is 9. The molecule has 0 bridgehead atoms. The summed E-state index contributed by atoms with van der Waals surface area (Å²) in [6.07, 6.45) is 3.87. The van der Waals surface area contributed by atoms with E-state index in [1.54, 1.807) is 18.3 Å². The van der Waals surface area contributed by atoms with Crippen molar-refractivity contribution in [3.8, 4) is 0 Å². The Kier molecular flexibility index (Phi) is 7.77. The first kappa shape index (κ1) is 15.6. The molecule has 1 aromatic rings. The molecule has 1 aromatic heterocycles. The molecular weight excluding hydrogens is 240 g/mol. The number of hydrogen-bond acceptors (Lipinski definition) is 2. The Bertz CT molecular complexity index is 354. The number of quaternary nitrogens is 2. The molecule has 0 spiro atoms. The molecule has 0 saturated carbocycles. The fourth-order valence-electron chi connectivity index (χ4n) is 1.78. The molecule has 0 aliphatic heterocycles. The summed E-state index contributed by atoms with van der Waals surface area (Å²) >= 11 is 0. The average molecular weight is 266 g/mol. The minimum atomic E-state index is -0.0863.